The molecule has 3 saturated heterocycles. The molecule has 17 unspecified atom stereocenters. The van der Waals surface area contributed by atoms with Crippen molar-refractivity contribution in [3.05, 3.63) is 109 Å². The molecule has 0 aliphatic carbocycles. The minimum absolute atomic E-state index is 0.233. The molecule has 3 rings (SSSR count). The number of unbranched alkanes of at least 4 members (excludes halogenated alkanes) is 27. The van der Waals surface area contributed by atoms with Gasteiger partial charge in [-0.2, -0.15) is 0 Å². The molecule has 570 valence electrons. The van der Waals surface area contributed by atoms with Crippen LogP contribution in [0.3, 0.4) is 0 Å². The molecule has 19 heteroatoms. The molecule has 3 fully saturated rings. The van der Waals surface area contributed by atoms with E-state index >= 15 is 0 Å². The highest BCUT2D eigenvalue weighted by Gasteiger charge is 2.53. The fraction of sp³-hybridized carbons (Fsp3) is 0.762. The Labute approximate surface area is 595 Å². The van der Waals surface area contributed by atoms with E-state index in [0.29, 0.717) is 12.8 Å². The van der Waals surface area contributed by atoms with Crippen molar-refractivity contribution in [1.29, 1.82) is 0 Å². The number of rotatable bonds is 59. The summed E-state index contributed by atoms with van der Waals surface area (Å²) in [5.41, 5.74) is 0. The Morgan fingerprint density at radius 3 is 1.13 bits per heavy atom. The van der Waals surface area contributed by atoms with E-state index in [1.54, 1.807) is 6.08 Å². The molecule has 12 N–H and O–H groups in total. The zero-order chi connectivity index (χ0) is 71.8. The highest BCUT2D eigenvalue weighted by Crippen LogP contribution is 2.33. The number of hydrogen-bond donors (Lipinski definition) is 12. The number of aliphatic hydroxyl groups is 11. The summed E-state index contributed by atoms with van der Waals surface area (Å²) in [6, 6.07) is -0.993. The number of allylic oxidation sites excluding steroid dienone is 17. The van der Waals surface area contributed by atoms with E-state index in [1.807, 2.05) is 6.08 Å². The zero-order valence-corrected chi connectivity index (χ0v) is 60.7. The molecule has 3 heterocycles. The van der Waals surface area contributed by atoms with Gasteiger partial charge in [-0.3, -0.25) is 4.79 Å². The van der Waals surface area contributed by atoms with Crippen molar-refractivity contribution < 1.29 is 89.4 Å². The molecule has 0 bridgehead atoms. The highest BCUT2D eigenvalue weighted by atomic mass is 16.8. The average molecular weight is 1400 g/mol. The molecule has 0 aromatic carbocycles. The molecule has 99 heavy (non-hydrogen) atoms. The average Bonchev–Trinajstić information content (AvgIpc) is 0.785. The van der Waals surface area contributed by atoms with Gasteiger partial charge in [-0.15, -0.1) is 0 Å². The van der Waals surface area contributed by atoms with Crippen molar-refractivity contribution in [3.8, 4) is 0 Å². The normalized spacial score (nSPS) is 27.2. The Kier molecular flexibility index (Phi) is 54.2. The van der Waals surface area contributed by atoms with E-state index < -0.39 is 124 Å². The number of carbonyl (C=O) groups is 1. The largest absolute Gasteiger partial charge is 0.394 e. The highest BCUT2D eigenvalue weighted by molar-refractivity contribution is 5.76. The quantitative estimate of drug-likeness (QED) is 0.0199. The maximum atomic E-state index is 13.4. The Bertz CT molecular complexity index is 2220. The monoisotopic (exact) mass is 1400 g/mol. The third-order valence-corrected chi connectivity index (χ3v) is 18.6. The molecular weight excluding hydrogens is 1260 g/mol. The van der Waals surface area contributed by atoms with Crippen molar-refractivity contribution in [1.82, 2.24) is 5.32 Å². The van der Waals surface area contributed by atoms with Gasteiger partial charge in [0.25, 0.3) is 0 Å². The molecule has 0 spiro atoms. The first-order chi connectivity index (χ1) is 48.3. The topological polar surface area (TPSA) is 307 Å². The predicted octanol–water partition coefficient (Wildman–Crippen LogP) is 12.2. The first kappa shape index (κ1) is 89.7. The molecule has 0 aromatic heterocycles. The fourth-order valence-corrected chi connectivity index (χ4v) is 12.4. The third-order valence-electron chi connectivity index (χ3n) is 18.6. The fourth-order valence-electron chi connectivity index (χ4n) is 12.4. The second-order valence-electron chi connectivity index (χ2n) is 27.1. The molecule has 3 aliphatic rings. The van der Waals surface area contributed by atoms with Gasteiger partial charge in [0.1, 0.15) is 73.2 Å². The summed E-state index contributed by atoms with van der Waals surface area (Å²) in [4.78, 5) is 13.4. The predicted molar refractivity (Wildman–Crippen MR) is 392 cm³/mol. The van der Waals surface area contributed by atoms with Gasteiger partial charge < -0.3 is 89.9 Å². The van der Waals surface area contributed by atoms with E-state index in [2.05, 4.69) is 116 Å². The Morgan fingerprint density at radius 2 is 0.707 bits per heavy atom. The summed E-state index contributed by atoms with van der Waals surface area (Å²) >= 11 is 0. The number of hydrogen-bond acceptors (Lipinski definition) is 18. The van der Waals surface area contributed by atoms with Crippen LogP contribution in [0.1, 0.15) is 258 Å². The first-order valence-corrected chi connectivity index (χ1v) is 38.6. The van der Waals surface area contributed by atoms with Crippen LogP contribution >= 0.6 is 0 Å². The summed E-state index contributed by atoms with van der Waals surface area (Å²) in [5, 5.41) is 120. The van der Waals surface area contributed by atoms with Gasteiger partial charge in [-0.1, -0.05) is 271 Å². The third kappa shape index (κ3) is 40.3. The maximum Gasteiger partial charge on any atom is 0.220 e. The van der Waals surface area contributed by atoms with Crippen LogP contribution in [0, 0.1) is 0 Å². The Balaban J connectivity index is 1.29. The number of nitrogens with one attached hydrogen (secondary N) is 1. The van der Waals surface area contributed by atoms with Crippen LogP contribution in [0.2, 0.25) is 0 Å². The standard InChI is InChI=1S/C80H137NO18/c1-3-5-7-9-11-13-15-17-18-19-20-21-22-23-24-25-26-27-28-29-30-31-32-33-34-35-36-37-38-39-40-41-42-43-44-46-48-50-52-54-56-58-68(86)81-63(64(85)57-55-53-51-49-47-45-16-14-12-10-8-6-4-2)62-94-78-74(92)71(89)76(66(60-83)96-78)99-80-75(93)72(90)77(67(61-84)97-80)98-79-73(91)70(88)69(87)65(59-82)95-79/h5,7,11,13,17-18,20-21,23-24,26-27,29-30,47,49,55,57,63-67,69-80,82-85,87-93H,3-4,6,8-10,12,14-16,19,22,25,28,31-46,48,50-54,56,58-62H2,1-2H3,(H,81,86)/b7-5-,13-11-,18-17-,21-20-,24-23-,27-26-,30-29-,49-47+,57-55+. The molecule has 17 atom stereocenters. The van der Waals surface area contributed by atoms with Gasteiger partial charge in [0.05, 0.1) is 38.6 Å². The smallest absolute Gasteiger partial charge is 0.220 e. The molecule has 0 saturated carbocycles. The molecule has 3 aliphatic heterocycles. The first-order valence-electron chi connectivity index (χ1n) is 38.6. The van der Waals surface area contributed by atoms with E-state index in [-0.39, 0.29) is 18.9 Å². The maximum absolute atomic E-state index is 13.4. The van der Waals surface area contributed by atoms with Crippen LogP contribution in [-0.2, 0) is 33.2 Å². The zero-order valence-electron chi connectivity index (χ0n) is 60.7. The molecule has 1 amide bonds. The van der Waals surface area contributed by atoms with Gasteiger partial charge >= 0.3 is 0 Å². The second-order valence-corrected chi connectivity index (χ2v) is 27.1. The van der Waals surface area contributed by atoms with Gasteiger partial charge in [0, 0.05) is 6.42 Å². The lowest BCUT2D eigenvalue weighted by Crippen LogP contribution is -2.66. The number of ether oxygens (including phenoxy) is 6. The van der Waals surface area contributed by atoms with Crippen molar-refractivity contribution >= 4 is 5.91 Å². The number of amides is 1. The van der Waals surface area contributed by atoms with Gasteiger partial charge in [-0.25, -0.2) is 0 Å². The molecule has 19 nitrogen and oxygen atoms in total. The van der Waals surface area contributed by atoms with E-state index in [1.165, 1.54) is 141 Å². The second kappa shape index (κ2) is 59.8. The van der Waals surface area contributed by atoms with Crippen LogP contribution in [0.25, 0.3) is 0 Å². The van der Waals surface area contributed by atoms with Gasteiger partial charge in [0.15, 0.2) is 18.9 Å². The number of aliphatic hydroxyl groups excluding tert-OH is 11. The summed E-state index contributed by atoms with van der Waals surface area (Å²) in [5.74, 6) is -0.287. The van der Waals surface area contributed by atoms with E-state index in [4.69, 9.17) is 28.4 Å². The summed E-state index contributed by atoms with van der Waals surface area (Å²) in [7, 11) is 0. The Morgan fingerprint density at radius 1 is 0.374 bits per heavy atom. The van der Waals surface area contributed by atoms with Crippen LogP contribution in [-0.4, -0.2) is 193 Å². The van der Waals surface area contributed by atoms with Crippen molar-refractivity contribution in [2.75, 3.05) is 26.4 Å². The summed E-state index contributed by atoms with van der Waals surface area (Å²) in [6.07, 6.45) is 55.3. The lowest BCUT2D eigenvalue weighted by atomic mass is 9.96. The Hall–Kier alpha value is -3.55. The molecule has 0 radical (unpaired) electrons. The summed E-state index contributed by atoms with van der Waals surface area (Å²) in [6.45, 7) is 1.58. The minimum Gasteiger partial charge on any atom is -0.394 e. The van der Waals surface area contributed by atoms with Crippen LogP contribution in [0.15, 0.2) is 109 Å². The number of carbonyl (C=O) groups excluding carboxylic acids is 1. The van der Waals surface area contributed by atoms with Crippen molar-refractivity contribution in [3.63, 3.8) is 0 Å². The summed E-state index contributed by atoms with van der Waals surface area (Å²) < 4.78 is 34.3. The molecular formula is C80H137NO18. The molecule has 0 aromatic rings. The van der Waals surface area contributed by atoms with Crippen molar-refractivity contribution in [2.45, 2.75) is 362 Å². The lowest BCUT2D eigenvalue weighted by Gasteiger charge is -2.48. The van der Waals surface area contributed by atoms with Gasteiger partial charge in [0.2, 0.25) is 5.91 Å². The van der Waals surface area contributed by atoms with Crippen LogP contribution in [0.4, 0.5) is 0 Å². The van der Waals surface area contributed by atoms with E-state index in [9.17, 15) is 61.0 Å². The van der Waals surface area contributed by atoms with Gasteiger partial charge in [-0.05, 0) is 89.9 Å². The van der Waals surface area contributed by atoms with Crippen molar-refractivity contribution in [2.24, 2.45) is 0 Å². The SMILES string of the molecule is CC/C=C\C/C=C\C/C=C\C/C=C\C/C=C\C/C=C\C/C=C\CCCCCCCCCCCCCCCCCCCCCC(=O)NC(COC1OC(CO)C(OC2OC(CO)C(OC3OC(CO)C(O)C(O)C3O)C(O)C2O)C(O)C1O)C(O)/C=C/CC/C=C/CCCCCCCCC. The van der Waals surface area contributed by atoms with Crippen LogP contribution in [0.5, 0.6) is 0 Å². The minimum atomic E-state index is -1.98. The van der Waals surface area contributed by atoms with E-state index in [0.717, 1.165) is 83.5 Å². The van der Waals surface area contributed by atoms with Crippen LogP contribution < -0.4 is 5.32 Å². The lowest BCUT2D eigenvalue weighted by molar-refractivity contribution is -0.379.